The molecular weight excluding hydrogens is 261 g/mol. The van der Waals surface area contributed by atoms with Crippen molar-refractivity contribution in [3.8, 4) is 5.75 Å². The number of benzene rings is 1. The highest BCUT2D eigenvalue weighted by molar-refractivity contribution is 5.69. The molecule has 1 amide bonds. The van der Waals surface area contributed by atoms with Gasteiger partial charge in [0.2, 0.25) is 0 Å². The van der Waals surface area contributed by atoms with Gasteiger partial charge in [-0.15, -0.1) is 0 Å². The summed E-state index contributed by atoms with van der Waals surface area (Å²) >= 11 is 0. The number of hydrogen-bond acceptors (Lipinski definition) is 3. The Morgan fingerprint density at radius 3 is 2.65 bits per heavy atom. The molecule has 1 heterocycles. The molecule has 0 atom stereocenters. The van der Waals surface area contributed by atoms with E-state index in [0.29, 0.717) is 25.3 Å². The fourth-order valence-corrected chi connectivity index (χ4v) is 2.26. The van der Waals surface area contributed by atoms with Gasteiger partial charge in [0.1, 0.15) is 17.2 Å². The van der Waals surface area contributed by atoms with Crippen molar-refractivity contribution in [3.05, 3.63) is 29.1 Å². The highest BCUT2D eigenvalue weighted by atomic mass is 19.1. The zero-order chi connectivity index (χ0) is 14.9. The molecule has 0 unspecified atom stereocenters. The standard InChI is InChI=1S/C15H20FNO3/c1-15(2,3)20-14(18)17-6-5-10-7-11(16)8-13(19-4)12(10)9-17/h7-8H,5-6,9H2,1-4H3. The van der Waals surface area contributed by atoms with Crippen LogP contribution < -0.4 is 4.74 Å². The summed E-state index contributed by atoms with van der Waals surface area (Å²) in [5.74, 6) is 0.166. The molecule has 1 aromatic rings. The number of methoxy groups -OCH3 is 1. The Morgan fingerprint density at radius 2 is 2.05 bits per heavy atom. The molecule has 0 aromatic heterocycles. The number of carbonyl (C=O) groups excluding carboxylic acids is 1. The second kappa shape index (κ2) is 5.31. The van der Waals surface area contributed by atoms with Gasteiger partial charge in [-0.1, -0.05) is 0 Å². The van der Waals surface area contributed by atoms with Gasteiger partial charge in [0.25, 0.3) is 0 Å². The fourth-order valence-electron chi connectivity index (χ4n) is 2.26. The van der Waals surface area contributed by atoms with Crippen molar-refractivity contribution in [2.75, 3.05) is 13.7 Å². The van der Waals surface area contributed by atoms with Crippen molar-refractivity contribution < 1.29 is 18.7 Å². The Balaban J connectivity index is 2.20. The van der Waals surface area contributed by atoms with Gasteiger partial charge in [-0.05, 0) is 38.8 Å². The van der Waals surface area contributed by atoms with E-state index in [1.54, 1.807) is 4.90 Å². The second-order valence-corrected chi connectivity index (χ2v) is 5.90. The molecule has 4 nitrogen and oxygen atoms in total. The smallest absolute Gasteiger partial charge is 0.410 e. The van der Waals surface area contributed by atoms with Crippen LogP contribution in [0.5, 0.6) is 5.75 Å². The van der Waals surface area contributed by atoms with Gasteiger partial charge in [-0.2, -0.15) is 0 Å². The molecule has 1 aliphatic rings. The number of hydrogen-bond donors (Lipinski definition) is 0. The average molecular weight is 281 g/mol. The molecule has 110 valence electrons. The summed E-state index contributed by atoms with van der Waals surface area (Å²) < 4.78 is 24.0. The maximum atomic E-state index is 13.4. The molecule has 0 N–H and O–H groups in total. The number of halogens is 1. The molecule has 2 rings (SSSR count). The van der Waals surface area contributed by atoms with Crippen molar-refractivity contribution in [1.29, 1.82) is 0 Å². The molecule has 5 heteroatoms. The molecular formula is C15H20FNO3. The van der Waals surface area contributed by atoms with E-state index in [9.17, 15) is 9.18 Å². The van der Waals surface area contributed by atoms with E-state index in [1.807, 2.05) is 20.8 Å². The summed E-state index contributed by atoms with van der Waals surface area (Å²) in [6, 6.07) is 2.85. The second-order valence-electron chi connectivity index (χ2n) is 5.90. The summed E-state index contributed by atoms with van der Waals surface area (Å²) in [6.07, 6.45) is 0.248. The Labute approximate surface area is 118 Å². The minimum atomic E-state index is -0.524. The number of rotatable bonds is 1. The van der Waals surface area contributed by atoms with Gasteiger partial charge in [0.05, 0.1) is 13.7 Å². The van der Waals surface area contributed by atoms with Gasteiger partial charge in [0.15, 0.2) is 0 Å². The average Bonchev–Trinajstić information content (AvgIpc) is 2.35. The molecule has 0 aliphatic carbocycles. The van der Waals surface area contributed by atoms with Crippen molar-refractivity contribution >= 4 is 6.09 Å². The SMILES string of the molecule is COc1cc(F)cc2c1CN(C(=O)OC(C)(C)C)CC2. The Morgan fingerprint density at radius 1 is 1.35 bits per heavy atom. The summed E-state index contributed by atoms with van der Waals surface area (Å²) in [6.45, 7) is 6.40. The first-order chi connectivity index (χ1) is 9.30. The van der Waals surface area contributed by atoms with E-state index in [0.717, 1.165) is 11.1 Å². The van der Waals surface area contributed by atoms with E-state index in [1.165, 1.54) is 19.2 Å². The quantitative estimate of drug-likeness (QED) is 0.794. The maximum absolute atomic E-state index is 13.4. The minimum Gasteiger partial charge on any atom is -0.496 e. The minimum absolute atomic E-state index is 0.314. The lowest BCUT2D eigenvalue weighted by Gasteiger charge is -2.31. The number of nitrogens with zero attached hydrogens (tertiary/aromatic N) is 1. The summed E-state index contributed by atoms with van der Waals surface area (Å²) in [7, 11) is 1.50. The van der Waals surface area contributed by atoms with Crippen molar-refractivity contribution in [1.82, 2.24) is 4.90 Å². The van der Waals surface area contributed by atoms with Crippen LogP contribution in [-0.4, -0.2) is 30.2 Å². The van der Waals surface area contributed by atoms with Gasteiger partial charge in [-0.3, -0.25) is 0 Å². The molecule has 0 radical (unpaired) electrons. The van der Waals surface area contributed by atoms with Crippen molar-refractivity contribution in [2.24, 2.45) is 0 Å². The van der Waals surface area contributed by atoms with Gasteiger partial charge in [0, 0.05) is 18.2 Å². The molecule has 1 aromatic carbocycles. The topological polar surface area (TPSA) is 38.8 Å². The third-order valence-electron chi connectivity index (χ3n) is 3.14. The molecule has 0 bridgehead atoms. The van der Waals surface area contributed by atoms with Gasteiger partial charge in [-0.25, -0.2) is 9.18 Å². The van der Waals surface area contributed by atoms with Crippen LogP contribution in [-0.2, 0) is 17.7 Å². The lowest BCUT2D eigenvalue weighted by molar-refractivity contribution is 0.0222. The highest BCUT2D eigenvalue weighted by Crippen LogP contribution is 2.30. The summed E-state index contributed by atoms with van der Waals surface area (Å²) in [5, 5.41) is 0. The first kappa shape index (κ1) is 14.6. The van der Waals surface area contributed by atoms with E-state index in [4.69, 9.17) is 9.47 Å². The van der Waals surface area contributed by atoms with Crippen LogP contribution in [0.15, 0.2) is 12.1 Å². The van der Waals surface area contributed by atoms with Crippen LogP contribution in [0.25, 0.3) is 0 Å². The zero-order valence-corrected chi connectivity index (χ0v) is 12.3. The van der Waals surface area contributed by atoms with Crippen LogP contribution in [0.4, 0.5) is 9.18 Å². The van der Waals surface area contributed by atoms with Crippen LogP contribution in [0.1, 0.15) is 31.9 Å². The van der Waals surface area contributed by atoms with Crippen LogP contribution in [0, 0.1) is 5.82 Å². The van der Waals surface area contributed by atoms with Crippen molar-refractivity contribution in [3.63, 3.8) is 0 Å². The van der Waals surface area contributed by atoms with Gasteiger partial charge >= 0.3 is 6.09 Å². The number of ether oxygens (including phenoxy) is 2. The van der Waals surface area contributed by atoms with E-state index < -0.39 is 5.60 Å². The molecule has 0 saturated carbocycles. The Kier molecular flexibility index (Phi) is 3.88. The third kappa shape index (κ3) is 3.21. The predicted molar refractivity (Wildman–Crippen MR) is 73.3 cm³/mol. The highest BCUT2D eigenvalue weighted by Gasteiger charge is 2.27. The van der Waals surface area contributed by atoms with E-state index in [2.05, 4.69) is 0 Å². The Bertz CT molecular complexity index is 505. The van der Waals surface area contributed by atoms with E-state index in [-0.39, 0.29) is 11.9 Å². The lowest BCUT2D eigenvalue weighted by atomic mass is 9.99. The Hall–Kier alpha value is -1.78. The largest absolute Gasteiger partial charge is 0.496 e. The van der Waals surface area contributed by atoms with E-state index >= 15 is 0 Å². The molecule has 20 heavy (non-hydrogen) atoms. The first-order valence-corrected chi connectivity index (χ1v) is 6.63. The molecule has 0 saturated heterocycles. The normalized spacial score (nSPS) is 14.8. The number of fused-ring (bicyclic) bond motifs is 1. The maximum Gasteiger partial charge on any atom is 0.410 e. The fraction of sp³-hybridized carbons (Fsp3) is 0.533. The first-order valence-electron chi connectivity index (χ1n) is 6.63. The van der Waals surface area contributed by atoms with Crippen LogP contribution in [0.2, 0.25) is 0 Å². The monoisotopic (exact) mass is 281 g/mol. The van der Waals surface area contributed by atoms with Gasteiger partial charge < -0.3 is 14.4 Å². The number of amides is 1. The van der Waals surface area contributed by atoms with Crippen LogP contribution in [0.3, 0.4) is 0 Å². The number of carbonyl (C=O) groups is 1. The summed E-state index contributed by atoms with van der Waals surface area (Å²) in [5.41, 5.74) is 1.22. The predicted octanol–water partition coefficient (Wildman–Crippen LogP) is 3.13. The molecule has 0 fully saturated rings. The summed E-state index contributed by atoms with van der Waals surface area (Å²) in [4.78, 5) is 13.7. The third-order valence-corrected chi connectivity index (χ3v) is 3.14. The molecule has 1 aliphatic heterocycles. The van der Waals surface area contributed by atoms with Crippen molar-refractivity contribution in [2.45, 2.75) is 39.3 Å². The zero-order valence-electron chi connectivity index (χ0n) is 12.3. The molecule has 0 spiro atoms. The lowest BCUT2D eigenvalue weighted by Crippen LogP contribution is -2.40. The van der Waals surface area contributed by atoms with Crippen LogP contribution >= 0.6 is 0 Å².